The summed E-state index contributed by atoms with van der Waals surface area (Å²) in [6.07, 6.45) is 0. The average molecular weight is 241 g/mol. The van der Waals surface area contributed by atoms with Crippen LogP contribution in [0.5, 0.6) is 0 Å². The van der Waals surface area contributed by atoms with E-state index in [0.29, 0.717) is 5.16 Å². The van der Waals surface area contributed by atoms with Crippen LogP contribution in [0.15, 0.2) is 42.5 Å². The highest BCUT2D eigenvalue weighted by Gasteiger charge is 2.22. The van der Waals surface area contributed by atoms with Crippen LogP contribution in [0.2, 0.25) is 0 Å². The molecule has 0 nitrogen and oxygen atoms in total. The molecule has 0 unspecified atom stereocenters. The monoisotopic (exact) mass is 241 g/mol. The molecule has 0 amide bonds. The molecule has 0 saturated carbocycles. The fraction of sp³-hybridized carbons (Fsp3) is 0.333. The van der Waals surface area contributed by atoms with Gasteiger partial charge in [-0.3, -0.25) is 0 Å². The molecule has 0 aliphatic carbocycles. The Kier molecular flexibility index (Phi) is 4.39. The Morgan fingerprint density at radius 3 is 2.12 bits per heavy atom. The summed E-state index contributed by atoms with van der Waals surface area (Å²) in [7, 11) is -0.117. The van der Waals surface area contributed by atoms with Gasteiger partial charge in [0, 0.05) is 8.41 Å². The molecule has 0 spiro atoms. The lowest BCUT2D eigenvalue weighted by Crippen LogP contribution is -2.18. The number of rotatable bonds is 1. The third kappa shape index (κ3) is 2.90. The molecule has 2 aromatic rings. The number of fused-ring (bicyclic) bond motifs is 1. The second kappa shape index (κ2) is 5.23. The van der Waals surface area contributed by atoms with E-state index in [0.717, 1.165) is 0 Å². The fourth-order valence-corrected chi connectivity index (χ4v) is 3.46. The molecule has 1 atom stereocenters. The molecule has 0 aliphatic heterocycles. The first kappa shape index (κ1) is 14.3. The minimum absolute atomic E-state index is 0. The molecule has 87 valence electrons. The van der Waals surface area contributed by atoms with E-state index in [9.17, 15) is 0 Å². The summed E-state index contributed by atoms with van der Waals surface area (Å²) in [5.74, 6) is 0. The lowest BCUT2D eigenvalue weighted by Gasteiger charge is -2.29. The van der Waals surface area contributed by atoms with E-state index in [4.69, 9.17) is 0 Å². The summed E-state index contributed by atoms with van der Waals surface area (Å²) < 4.78 is 0. The zero-order valence-corrected chi connectivity index (χ0v) is 12.0. The lowest BCUT2D eigenvalue weighted by atomic mass is 10.1. The second-order valence-electron chi connectivity index (χ2n) is 5.23. The van der Waals surface area contributed by atoms with Crippen LogP contribution in [-0.2, 0) is 0 Å². The predicted octanol–water partition coefficient (Wildman–Crippen LogP) is 3.99. The Hall–Kier alpha value is -0.805. The van der Waals surface area contributed by atoms with Crippen LogP contribution in [0.25, 0.3) is 10.8 Å². The maximum absolute atomic E-state index is 2.39. The van der Waals surface area contributed by atoms with Crippen molar-refractivity contribution in [3.63, 3.8) is 0 Å². The standard InChI is InChI=1S/C15H19P.B/c1-15(2,3)16(4)14-11-7-9-12-8-5-6-10-13(12)14;/h5-11H,1-4H3;/t16-;/m0./s1. The van der Waals surface area contributed by atoms with Crippen molar-refractivity contribution in [3.05, 3.63) is 42.5 Å². The minimum Gasteiger partial charge on any atom is -0.0723 e. The van der Waals surface area contributed by atoms with Crippen LogP contribution in [0.4, 0.5) is 0 Å². The average Bonchev–Trinajstić information content (AvgIpc) is 2.26. The second-order valence-corrected chi connectivity index (χ2v) is 8.17. The van der Waals surface area contributed by atoms with Crippen LogP contribution in [0.1, 0.15) is 20.8 Å². The largest absolute Gasteiger partial charge is 0.0723 e. The number of hydrogen-bond acceptors (Lipinski definition) is 0. The Labute approximate surface area is 108 Å². The molecule has 0 bridgehead atoms. The first-order valence-electron chi connectivity index (χ1n) is 5.72. The molecule has 0 aliphatic rings. The molecule has 0 fully saturated rings. The van der Waals surface area contributed by atoms with Gasteiger partial charge >= 0.3 is 0 Å². The molecule has 3 radical (unpaired) electrons. The molecule has 0 aromatic heterocycles. The Balaban J connectivity index is 0.00000144. The molecule has 17 heavy (non-hydrogen) atoms. The fourth-order valence-electron chi connectivity index (χ4n) is 1.86. The summed E-state index contributed by atoms with van der Waals surface area (Å²) in [4.78, 5) is 0. The van der Waals surface area contributed by atoms with Crippen molar-refractivity contribution in [3.8, 4) is 0 Å². The SMILES string of the molecule is C[P@@](c1cccc2ccccc12)C(C)(C)C.[B]. The summed E-state index contributed by atoms with van der Waals surface area (Å²) in [6.45, 7) is 9.39. The number of benzene rings is 2. The van der Waals surface area contributed by atoms with E-state index >= 15 is 0 Å². The van der Waals surface area contributed by atoms with Crippen molar-refractivity contribution in [1.82, 2.24) is 0 Å². The molecule has 0 heterocycles. The van der Waals surface area contributed by atoms with Gasteiger partial charge in [-0.2, -0.15) is 0 Å². The first-order valence-corrected chi connectivity index (χ1v) is 7.50. The first-order chi connectivity index (χ1) is 7.50. The third-order valence-corrected chi connectivity index (χ3v) is 6.26. The summed E-state index contributed by atoms with van der Waals surface area (Å²) in [5.41, 5.74) is 0. The highest BCUT2D eigenvalue weighted by molar-refractivity contribution is 7.66. The van der Waals surface area contributed by atoms with Gasteiger partial charge in [-0.1, -0.05) is 71.2 Å². The van der Waals surface area contributed by atoms with Crippen molar-refractivity contribution in [1.29, 1.82) is 0 Å². The van der Waals surface area contributed by atoms with Crippen LogP contribution < -0.4 is 5.30 Å². The van der Waals surface area contributed by atoms with Gasteiger partial charge in [0.1, 0.15) is 0 Å². The highest BCUT2D eigenvalue weighted by Crippen LogP contribution is 2.46. The normalized spacial score (nSPS) is 13.2. The van der Waals surface area contributed by atoms with E-state index in [1.807, 2.05) is 0 Å². The van der Waals surface area contributed by atoms with Gasteiger partial charge in [0.05, 0.1) is 0 Å². The predicted molar refractivity (Wildman–Crippen MR) is 81.9 cm³/mol. The van der Waals surface area contributed by atoms with Gasteiger partial charge in [0.25, 0.3) is 0 Å². The van der Waals surface area contributed by atoms with Gasteiger partial charge < -0.3 is 0 Å². The molecule has 2 rings (SSSR count). The van der Waals surface area contributed by atoms with Crippen LogP contribution in [0.3, 0.4) is 0 Å². The molecule has 0 N–H and O–H groups in total. The van der Waals surface area contributed by atoms with Gasteiger partial charge in [-0.05, 0) is 27.9 Å². The summed E-state index contributed by atoms with van der Waals surface area (Å²) >= 11 is 0. The summed E-state index contributed by atoms with van der Waals surface area (Å²) in [6, 6.07) is 15.4. The third-order valence-electron chi connectivity index (χ3n) is 3.13. The highest BCUT2D eigenvalue weighted by atomic mass is 31.1. The van der Waals surface area contributed by atoms with E-state index in [1.165, 1.54) is 16.1 Å². The van der Waals surface area contributed by atoms with Crippen molar-refractivity contribution in [2.45, 2.75) is 25.9 Å². The van der Waals surface area contributed by atoms with Gasteiger partial charge in [-0.15, -0.1) is 0 Å². The Bertz CT molecular complexity index is 494. The Morgan fingerprint density at radius 2 is 1.47 bits per heavy atom. The zero-order chi connectivity index (χ0) is 11.8. The maximum Gasteiger partial charge on any atom is 0 e. The molecule has 0 saturated heterocycles. The topological polar surface area (TPSA) is 0 Å². The summed E-state index contributed by atoms with van der Waals surface area (Å²) in [5, 5.41) is 4.69. The van der Waals surface area contributed by atoms with Crippen molar-refractivity contribution < 1.29 is 0 Å². The van der Waals surface area contributed by atoms with Gasteiger partial charge in [-0.25, -0.2) is 0 Å². The smallest absolute Gasteiger partial charge is 0 e. The van der Waals surface area contributed by atoms with Crippen LogP contribution in [0, 0.1) is 0 Å². The van der Waals surface area contributed by atoms with Crippen molar-refractivity contribution >= 4 is 32.4 Å². The molecule has 2 heteroatoms. The number of hydrogen-bond donors (Lipinski definition) is 0. The maximum atomic E-state index is 2.39. The van der Waals surface area contributed by atoms with Gasteiger partial charge in [0.15, 0.2) is 0 Å². The van der Waals surface area contributed by atoms with Gasteiger partial charge in [0.2, 0.25) is 0 Å². The lowest BCUT2D eigenvalue weighted by molar-refractivity contribution is 0.791. The van der Waals surface area contributed by atoms with E-state index < -0.39 is 0 Å². The van der Waals surface area contributed by atoms with Crippen molar-refractivity contribution in [2.75, 3.05) is 6.66 Å². The Morgan fingerprint density at radius 1 is 0.882 bits per heavy atom. The minimum atomic E-state index is -0.117. The van der Waals surface area contributed by atoms with E-state index in [1.54, 1.807) is 0 Å². The quantitative estimate of drug-likeness (QED) is 0.523. The van der Waals surface area contributed by atoms with E-state index in [-0.39, 0.29) is 16.3 Å². The van der Waals surface area contributed by atoms with E-state index in [2.05, 4.69) is 69.9 Å². The molecule has 2 aromatic carbocycles. The van der Waals surface area contributed by atoms with Crippen LogP contribution >= 0.6 is 7.92 Å². The zero-order valence-electron chi connectivity index (χ0n) is 11.1. The molecular weight excluding hydrogens is 222 g/mol. The molecular formula is C15H19BP. The van der Waals surface area contributed by atoms with Crippen molar-refractivity contribution in [2.24, 2.45) is 0 Å². The van der Waals surface area contributed by atoms with Crippen LogP contribution in [-0.4, -0.2) is 20.2 Å².